The standard InChI is InChI=1S/C80H147NO8/c1-3-5-7-9-11-13-15-17-19-21-23-25-27-29-31-33-35-37-39-41-43-45-47-49-51-53-55-57-59-61-63-65-67-69-74(83)73(72-88-80-79(87)78(86)77(85)75(71-82)89-80)81-76(84)70-68-66-64-62-60-58-56-54-52-50-48-46-44-42-40-38-36-34-32-30-28-26-24-22-20-18-16-14-12-10-8-6-4-2/h6,8,12,14,18,20,24,26,30,32,67,69,73-75,77-80,82-83,85-87H,3-5,7,9-11,13,15-17,19,21-23,25,27-29,31,33-66,68,70-72H2,1-2H3,(H,81,84)/b8-6-,14-12-,20-18-,26-24-,32-30-,69-67+. The average Bonchev–Trinajstić information content (AvgIpc) is 2.28. The van der Waals surface area contributed by atoms with Crippen molar-refractivity contribution in [3.8, 4) is 0 Å². The SMILES string of the molecule is CC/C=C\C/C=C\C/C=C\C/C=C\C/C=C\CCCCCCCCCCCCCCCCCCCC(=O)NC(COC1OC(CO)C(O)C(O)C1O)C(O)/C=C/CCCCCCCCCCCCCCCCCCCCCCCCCCCCCCCCC. The van der Waals surface area contributed by atoms with E-state index in [1.54, 1.807) is 6.08 Å². The summed E-state index contributed by atoms with van der Waals surface area (Å²) in [6.07, 6.45) is 90.4. The number of ether oxygens (including phenoxy) is 2. The van der Waals surface area contributed by atoms with Gasteiger partial charge in [0.2, 0.25) is 5.91 Å². The molecule has 9 nitrogen and oxygen atoms in total. The van der Waals surface area contributed by atoms with Crippen molar-refractivity contribution in [3.05, 3.63) is 72.9 Å². The third-order valence-corrected chi connectivity index (χ3v) is 18.3. The molecule has 0 saturated carbocycles. The van der Waals surface area contributed by atoms with Crippen molar-refractivity contribution in [3.63, 3.8) is 0 Å². The summed E-state index contributed by atoms with van der Waals surface area (Å²) < 4.78 is 11.3. The monoisotopic (exact) mass is 1250 g/mol. The molecule has 1 saturated heterocycles. The van der Waals surface area contributed by atoms with Gasteiger partial charge in [0.15, 0.2) is 6.29 Å². The Morgan fingerprint density at radius 1 is 0.393 bits per heavy atom. The molecule has 0 radical (unpaired) electrons. The minimum Gasteiger partial charge on any atom is -0.394 e. The second-order valence-corrected chi connectivity index (χ2v) is 26.8. The number of aliphatic hydroxyl groups is 5. The largest absolute Gasteiger partial charge is 0.394 e. The molecule has 89 heavy (non-hydrogen) atoms. The van der Waals surface area contributed by atoms with Gasteiger partial charge in [-0.1, -0.05) is 376 Å². The molecule has 520 valence electrons. The molecule has 7 unspecified atom stereocenters. The van der Waals surface area contributed by atoms with Crippen LogP contribution < -0.4 is 5.32 Å². The van der Waals surface area contributed by atoms with Crippen molar-refractivity contribution in [1.82, 2.24) is 5.32 Å². The smallest absolute Gasteiger partial charge is 0.220 e. The highest BCUT2D eigenvalue weighted by atomic mass is 16.7. The Balaban J connectivity index is 2.09. The maximum Gasteiger partial charge on any atom is 0.220 e. The Bertz CT molecular complexity index is 1640. The summed E-state index contributed by atoms with van der Waals surface area (Å²) in [5, 5.41) is 54.9. The summed E-state index contributed by atoms with van der Waals surface area (Å²) in [5.74, 6) is -0.172. The molecule has 1 fully saturated rings. The van der Waals surface area contributed by atoms with Crippen LogP contribution in [-0.4, -0.2) is 87.5 Å². The van der Waals surface area contributed by atoms with Crippen LogP contribution in [0.1, 0.15) is 373 Å². The van der Waals surface area contributed by atoms with Gasteiger partial charge < -0.3 is 40.3 Å². The zero-order valence-electron chi connectivity index (χ0n) is 58.4. The molecule has 1 aliphatic rings. The predicted molar refractivity (Wildman–Crippen MR) is 382 cm³/mol. The Kier molecular flexibility index (Phi) is 65.1. The van der Waals surface area contributed by atoms with Gasteiger partial charge in [0.05, 0.1) is 25.4 Å². The van der Waals surface area contributed by atoms with Crippen molar-refractivity contribution < 1.29 is 39.8 Å². The Morgan fingerprint density at radius 2 is 0.697 bits per heavy atom. The van der Waals surface area contributed by atoms with Crippen LogP contribution in [0.15, 0.2) is 72.9 Å². The molecule has 1 aliphatic heterocycles. The zero-order valence-corrected chi connectivity index (χ0v) is 58.4. The lowest BCUT2D eigenvalue weighted by molar-refractivity contribution is -0.302. The first kappa shape index (κ1) is 84.6. The molecule has 0 spiro atoms. The summed E-state index contributed by atoms with van der Waals surface area (Å²) in [4.78, 5) is 13.2. The fourth-order valence-electron chi connectivity index (χ4n) is 12.3. The lowest BCUT2D eigenvalue weighted by atomic mass is 9.99. The number of rotatable bonds is 68. The number of carbonyl (C=O) groups is 1. The molecule has 0 aromatic heterocycles. The van der Waals surface area contributed by atoms with Crippen LogP contribution in [0.25, 0.3) is 0 Å². The lowest BCUT2D eigenvalue weighted by Crippen LogP contribution is -2.60. The maximum absolute atomic E-state index is 13.2. The molecule has 0 aromatic rings. The molecule has 0 aromatic carbocycles. The van der Waals surface area contributed by atoms with Gasteiger partial charge in [-0.15, -0.1) is 0 Å². The van der Waals surface area contributed by atoms with E-state index >= 15 is 0 Å². The molecule has 9 heteroatoms. The normalized spacial score (nSPS) is 18.2. The molecule has 0 bridgehead atoms. The lowest BCUT2D eigenvalue weighted by Gasteiger charge is -2.40. The van der Waals surface area contributed by atoms with E-state index < -0.39 is 49.5 Å². The molecule has 7 atom stereocenters. The van der Waals surface area contributed by atoms with Gasteiger partial charge in [-0.05, 0) is 64.2 Å². The third kappa shape index (κ3) is 56.9. The molecule has 1 rings (SSSR count). The van der Waals surface area contributed by atoms with Gasteiger partial charge in [-0.2, -0.15) is 0 Å². The number of hydrogen-bond acceptors (Lipinski definition) is 8. The predicted octanol–water partition coefficient (Wildman–Crippen LogP) is 21.9. The second-order valence-electron chi connectivity index (χ2n) is 26.8. The van der Waals surface area contributed by atoms with Crippen LogP contribution in [-0.2, 0) is 14.3 Å². The fourth-order valence-corrected chi connectivity index (χ4v) is 12.3. The Hall–Kier alpha value is -2.37. The molecule has 0 aliphatic carbocycles. The quantitative estimate of drug-likeness (QED) is 0.0261. The first-order valence-electron chi connectivity index (χ1n) is 38.7. The van der Waals surface area contributed by atoms with E-state index in [1.807, 2.05) is 6.08 Å². The van der Waals surface area contributed by atoms with Crippen molar-refractivity contribution in [1.29, 1.82) is 0 Å². The first-order valence-corrected chi connectivity index (χ1v) is 38.7. The molecule has 6 N–H and O–H groups in total. The Morgan fingerprint density at radius 3 is 1.03 bits per heavy atom. The van der Waals surface area contributed by atoms with E-state index in [0.717, 1.165) is 70.6 Å². The molecule has 1 heterocycles. The zero-order chi connectivity index (χ0) is 64.2. The minimum absolute atomic E-state index is 0.172. The van der Waals surface area contributed by atoms with Crippen LogP contribution in [0.5, 0.6) is 0 Å². The number of allylic oxidation sites excluding steroid dienone is 11. The van der Waals surface area contributed by atoms with Crippen LogP contribution in [0.4, 0.5) is 0 Å². The van der Waals surface area contributed by atoms with Crippen molar-refractivity contribution in [2.24, 2.45) is 0 Å². The summed E-state index contributed by atoms with van der Waals surface area (Å²) in [6.45, 7) is 3.72. The average molecular weight is 1250 g/mol. The van der Waals surface area contributed by atoms with Crippen molar-refractivity contribution in [2.75, 3.05) is 13.2 Å². The van der Waals surface area contributed by atoms with E-state index in [4.69, 9.17) is 9.47 Å². The number of unbranched alkanes of at least 4 members (excludes halogenated alkanes) is 48. The number of aliphatic hydroxyl groups excluding tert-OH is 5. The van der Waals surface area contributed by atoms with E-state index in [-0.39, 0.29) is 12.5 Å². The van der Waals surface area contributed by atoms with Gasteiger partial charge in [0.25, 0.3) is 0 Å². The Labute approximate surface area is 550 Å². The van der Waals surface area contributed by atoms with E-state index in [0.29, 0.717) is 6.42 Å². The van der Waals surface area contributed by atoms with Crippen molar-refractivity contribution >= 4 is 5.91 Å². The van der Waals surface area contributed by atoms with Gasteiger partial charge >= 0.3 is 0 Å². The van der Waals surface area contributed by atoms with Gasteiger partial charge in [0, 0.05) is 6.42 Å². The maximum atomic E-state index is 13.2. The highest BCUT2D eigenvalue weighted by Gasteiger charge is 2.44. The van der Waals surface area contributed by atoms with Crippen LogP contribution in [0.2, 0.25) is 0 Å². The number of carbonyl (C=O) groups excluding carboxylic acids is 1. The molecule has 1 amide bonds. The highest BCUT2D eigenvalue weighted by molar-refractivity contribution is 5.76. The van der Waals surface area contributed by atoms with Gasteiger partial charge in [0.1, 0.15) is 24.4 Å². The topological polar surface area (TPSA) is 149 Å². The summed E-state index contributed by atoms with van der Waals surface area (Å²) >= 11 is 0. The van der Waals surface area contributed by atoms with E-state index in [2.05, 4.69) is 79.9 Å². The van der Waals surface area contributed by atoms with Crippen LogP contribution >= 0.6 is 0 Å². The first-order chi connectivity index (χ1) is 43.8. The number of nitrogens with one attached hydrogen (secondary N) is 1. The minimum atomic E-state index is -1.57. The van der Waals surface area contributed by atoms with Crippen LogP contribution in [0, 0.1) is 0 Å². The summed E-state index contributed by atoms with van der Waals surface area (Å²) in [7, 11) is 0. The second kappa shape index (κ2) is 68.5. The van der Waals surface area contributed by atoms with Crippen LogP contribution in [0.3, 0.4) is 0 Å². The third-order valence-electron chi connectivity index (χ3n) is 18.3. The van der Waals surface area contributed by atoms with E-state index in [1.165, 1.54) is 283 Å². The highest BCUT2D eigenvalue weighted by Crippen LogP contribution is 2.24. The summed E-state index contributed by atoms with van der Waals surface area (Å²) in [5.41, 5.74) is 0. The van der Waals surface area contributed by atoms with E-state index in [9.17, 15) is 30.3 Å². The number of amides is 1. The van der Waals surface area contributed by atoms with Gasteiger partial charge in [-0.3, -0.25) is 4.79 Å². The van der Waals surface area contributed by atoms with Crippen molar-refractivity contribution in [2.45, 2.75) is 416 Å². The molecular formula is C80H147NO8. The number of hydrogen-bond donors (Lipinski definition) is 6. The molecular weight excluding hydrogens is 1100 g/mol. The summed E-state index contributed by atoms with van der Waals surface area (Å²) in [6, 6.07) is -0.809. The van der Waals surface area contributed by atoms with Gasteiger partial charge in [-0.25, -0.2) is 0 Å². The fraction of sp³-hybridized carbons (Fsp3) is 0.838.